The zero-order valence-electron chi connectivity index (χ0n) is 28.2. The minimum atomic E-state index is -1.72. The van der Waals surface area contributed by atoms with Crippen molar-refractivity contribution in [3.63, 3.8) is 0 Å². The molecule has 5 nitrogen and oxygen atoms in total. The van der Waals surface area contributed by atoms with Crippen molar-refractivity contribution < 1.29 is 24.9 Å². The fourth-order valence-electron chi connectivity index (χ4n) is 5.03. The number of unbranched alkanes of at least 4 members (excludes halogenated alkanes) is 12. The smallest absolute Gasteiger partial charge is 0.174 e. The molecule has 0 amide bonds. The third kappa shape index (κ3) is 25.3. The van der Waals surface area contributed by atoms with Gasteiger partial charge < -0.3 is 15.3 Å². The molecule has 0 aliphatic heterocycles. The maximum Gasteiger partial charge on any atom is 0.174 e. The summed E-state index contributed by atoms with van der Waals surface area (Å²) in [4.78, 5) is 25.8. The fraction of sp³-hybridized carbons (Fsp3) is 0.692. The summed E-state index contributed by atoms with van der Waals surface area (Å²) in [6, 6.07) is 0. The van der Waals surface area contributed by atoms with E-state index in [-0.39, 0.29) is 5.78 Å². The Balaban J connectivity index is 4.28. The first-order valence-electron chi connectivity index (χ1n) is 17.8. The molecule has 0 fully saturated rings. The first kappa shape index (κ1) is 41.9. The monoisotopic (exact) mass is 614 g/mol. The van der Waals surface area contributed by atoms with Crippen LogP contribution in [0, 0.1) is 5.92 Å². The van der Waals surface area contributed by atoms with Crippen molar-refractivity contribution in [2.75, 3.05) is 6.61 Å². The number of carbonyl (C=O) groups is 2. The molecular weight excluding hydrogens is 548 g/mol. The summed E-state index contributed by atoms with van der Waals surface area (Å²) < 4.78 is 0. The standard InChI is InChI=1S/C39H66O5/c1-3-5-7-9-11-13-15-17-19-21-23-25-27-29-31-33-36(41)35(38(43)39(44)37(42)34-40)32-30-28-26-24-22-20-18-16-14-12-10-8-6-4-2/h6,8,11-14,17-20,35,37,39-40,42,44H,3-5,7,9-10,15-16,21-34H2,1-2H3/b8-6-,13-11-,14-12-,19-17-,20-18-. The molecule has 3 unspecified atom stereocenters. The van der Waals surface area contributed by atoms with Crippen LogP contribution in [-0.4, -0.2) is 45.7 Å². The van der Waals surface area contributed by atoms with E-state index < -0.39 is 30.5 Å². The van der Waals surface area contributed by atoms with Crippen LogP contribution < -0.4 is 0 Å². The molecule has 3 atom stereocenters. The lowest BCUT2D eigenvalue weighted by Crippen LogP contribution is -2.42. The Morgan fingerprint density at radius 1 is 0.568 bits per heavy atom. The molecule has 5 heteroatoms. The van der Waals surface area contributed by atoms with Crippen LogP contribution in [0.25, 0.3) is 0 Å². The molecule has 0 bridgehead atoms. The number of hydrogen-bond acceptors (Lipinski definition) is 5. The van der Waals surface area contributed by atoms with Gasteiger partial charge in [0.2, 0.25) is 0 Å². The average molecular weight is 615 g/mol. The first-order chi connectivity index (χ1) is 21.5. The van der Waals surface area contributed by atoms with E-state index in [4.69, 9.17) is 5.11 Å². The van der Waals surface area contributed by atoms with E-state index in [2.05, 4.69) is 74.6 Å². The highest BCUT2D eigenvalue weighted by atomic mass is 16.4. The summed E-state index contributed by atoms with van der Waals surface area (Å²) in [6.45, 7) is 3.65. The minimum Gasteiger partial charge on any atom is -0.394 e. The largest absolute Gasteiger partial charge is 0.394 e. The summed E-state index contributed by atoms with van der Waals surface area (Å²) in [5.41, 5.74) is 0. The molecule has 0 radical (unpaired) electrons. The van der Waals surface area contributed by atoms with Gasteiger partial charge in [-0.2, -0.15) is 0 Å². The number of hydrogen-bond donors (Lipinski definition) is 3. The fourth-order valence-corrected chi connectivity index (χ4v) is 5.03. The van der Waals surface area contributed by atoms with Crippen molar-refractivity contribution in [3.8, 4) is 0 Å². The number of aliphatic hydroxyl groups excluding tert-OH is 3. The van der Waals surface area contributed by atoms with Gasteiger partial charge >= 0.3 is 0 Å². The second-order valence-corrected chi connectivity index (χ2v) is 11.9. The highest BCUT2D eigenvalue weighted by molar-refractivity contribution is 6.04. The predicted molar refractivity (Wildman–Crippen MR) is 187 cm³/mol. The van der Waals surface area contributed by atoms with E-state index in [0.29, 0.717) is 12.8 Å². The van der Waals surface area contributed by atoms with E-state index in [1.54, 1.807) is 0 Å². The molecule has 252 valence electrons. The molecule has 0 saturated carbocycles. The van der Waals surface area contributed by atoms with Crippen LogP contribution in [0.2, 0.25) is 0 Å². The summed E-state index contributed by atoms with van der Waals surface area (Å²) in [7, 11) is 0. The van der Waals surface area contributed by atoms with Gasteiger partial charge in [0, 0.05) is 6.42 Å². The second kappa shape index (κ2) is 32.3. The van der Waals surface area contributed by atoms with E-state index in [9.17, 15) is 19.8 Å². The van der Waals surface area contributed by atoms with Crippen LogP contribution in [0.5, 0.6) is 0 Å². The predicted octanol–water partition coefficient (Wildman–Crippen LogP) is 9.47. The Bertz CT molecular complexity index is 822. The van der Waals surface area contributed by atoms with Gasteiger partial charge in [0.15, 0.2) is 5.78 Å². The minimum absolute atomic E-state index is 0.147. The molecule has 0 aromatic heterocycles. The van der Waals surface area contributed by atoms with Gasteiger partial charge in [0.1, 0.15) is 18.0 Å². The Morgan fingerprint density at radius 2 is 1.02 bits per heavy atom. The highest BCUT2D eigenvalue weighted by Crippen LogP contribution is 2.20. The van der Waals surface area contributed by atoms with Crippen molar-refractivity contribution in [2.45, 2.75) is 161 Å². The van der Waals surface area contributed by atoms with E-state index >= 15 is 0 Å². The number of aliphatic hydroxyl groups is 3. The second-order valence-electron chi connectivity index (χ2n) is 11.9. The highest BCUT2D eigenvalue weighted by Gasteiger charge is 2.33. The number of allylic oxidation sites excluding steroid dienone is 10. The van der Waals surface area contributed by atoms with Crippen LogP contribution in [0.4, 0.5) is 0 Å². The third-order valence-electron chi connectivity index (χ3n) is 7.84. The normalized spacial score (nSPS) is 14.6. The van der Waals surface area contributed by atoms with E-state index in [0.717, 1.165) is 96.3 Å². The van der Waals surface area contributed by atoms with Gasteiger partial charge in [-0.3, -0.25) is 9.59 Å². The van der Waals surface area contributed by atoms with Crippen molar-refractivity contribution >= 4 is 11.6 Å². The zero-order chi connectivity index (χ0) is 32.5. The maximum atomic E-state index is 13.0. The van der Waals surface area contributed by atoms with Crippen molar-refractivity contribution in [1.29, 1.82) is 0 Å². The van der Waals surface area contributed by atoms with Gasteiger partial charge in [0.25, 0.3) is 0 Å². The van der Waals surface area contributed by atoms with Crippen LogP contribution in [0.15, 0.2) is 60.8 Å². The molecule has 0 heterocycles. The van der Waals surface area contributed by atoms with E-state index in [1.807, 2.05) is 0 Å². The summed E-state index contributed by atoms with van der Waals surface area (Å²) >= 11 is 0. The van der Waals surface area contributed by atoms with E-state index in [1.165, 1.54) is 25.7 Å². The summed E-state index contributed by atoms with van der Waals surface area (Å²) in [5.74, 6) is -1.71. The number of rotatable bonds is 31. The topological polar surface area (TPSA) is 94.8 Å². The van der Waals surface area contributed by atoms with Crippen LogP contribution >= 0.6 is 0 Å². The average Bonchev–Trinajstić information content (AvgIpc) is 3.03. The Kier molecular flexibility index (Phi) is 30.8. The molecule has 0 aromatic carbocycles. The zero-order valence-corrected chi connectivity index (χ0v) is 28.2. The molecule has 3 N–H and O–H groups in total. The molecule has 0 aliphatic carbocycles. The lowest BCUT2D eigenvalue weighted by molar-refractivity contribution is -0.144. The van der Waals surface area contributed by atoms with Crippen molar-refractivity contribution in [2.24, 2.45) is 5.92 Å². The van der Waals surface area contributed by atoms with Gasteiger partial charge in [0.05, 0.1) is 12.5 Å². The summed E-state index contributed by atoms with van der Waals surface area (Å²) in [6.07, 6.45) is 39.4. The quantitative estimate of drug-likeness (QED) is 0.0411. The van der Waals surface area contributed by atoms with Gasteiger partial charge in [-0.25, -0.2) is 0 Å². The van der Waals surface area contributed by atoms with Crippen LogP contribution in [-0.2, 0) is 9.59 Å². The Hall–Kier alpha value is -2.08. The Morgan fingerprint density at radius 3 is 1.55 bits per heavy atom. The van der Waals surface area contributed by atoms with Gasteiger partial charge in [-0.1, -0.05) is 126 Å². The molecule has 0 saturated heterocycles. The SMILES string of the molecule is CC/C=C\C/C=C\C/C=C\CCCCCCC(C(=O)CCCCCCC/C=C\C/C=C\CCCCC)C(=O)C(O)C(O)CO. The molecule has 0 aromatic rings. The molecule has 44 heavy (non-hydrogen) atoms. The van der Waals surface area contributed by atoms with Gasteiger partial charge in [-0.05, 0) is 77.0 Å². The number of carbonyl (C=O) groups excluding carboxylic acids is 2. The summed E-state index contributed by atoms with van der Waals surface area (Å²) in [5, 5.41) is 29.1. The molecule has 0 spiro atoms. The first-order valence-corrected chi connectivity index (χ1v) is 17.8. The van der Waals surface area contributed by atoms with Crippen LogP contribution in [0.1, 0.15) is 149 Å². The van der Waals surface area contributed by atoms with Crippen molar-refractivity contribution in [3.05, 3.63) is 60.8 Å². The Labute approximate surface area is 270 Å². The van der Waals surface area contributed by atoms with Crippen molar-refractivity contribution in [1.82, 2.24) is 0 Å². The molecule has 0 aliphatic rings. The number of ketones is 2. The maximum absolute atomic E-state index is 13.0. The molecule has 0 rings (SSSR count). The number of Topliss-reactive ketones (excluding diaryl/α,β-unsaturated/α-hetero) is 2. The third-order valence-corrected chi connectivity index (χ3v) is 7.84. The van der Waals surface area contributed by atoms with Gasteiger partial charge in [-0.15, -0.1) is 0 Å². The van der Waals surface area contributed by atoms with Crippen LogP contribution in [0.3, 0.4) is 0 Å². The lowest BCUT2D eigenvalue weighted by atomic mass is 9.86. The lowest BCUT2D eigenvalue weighted by Gasteiger charge is -2.21. The molecular formula is C39H66O5.